The zero-order valence-corrected chi connectivity index (χ0v) is 16.1. The van der Waals surface area contributed by atoms with Gasteiger partial charge in [-0.15, -0.1) is 0 Å². The fourth-order valence-corrected chi connectivity index (χ4v) is 3.56. The zero-order chi connectivity index (χ0) is 20.9. The number of benzene rings is 4. The second-order valence-corrected chi connectivity index (χ2v) is 6.95. The third-order valence-corrected chi connectivity index (χ3v) is 5.12. The molecule has 30 heavy (non-hydrogen) atoms. The lowest BCUT2D eigenvalue weighted by Gasteiger charge is -2.16. The predicted molar refractivity (Wildman–Crippen MR) is 119 cm³/mol. The molecule has 4 rings (SSSR count). The molecule has 3 nitrogen and oxygen atoms in total. The van der Waals surface area contributed by atoms with Gasteiger partial charge in [0.1, 0.15) is 18.9 Å². The molecule has 0 aliphatic heterocycles. The van der Waals surface area contributed by atoms with Gasteiger partial charge in [0.15, 0.2) is 0 Å². The van der Waals surface area contributed by atoms with Crippen LogP contribution in [0.5, 0.6) is 0 Å². The van der Waals surface area contributed by atoms with Gasteiger partial charge in [0.25, 0.3) is 0 Å². The van der Waals surface area contributed by atoms with Crippen LogP contribution in [0.2, 0.25) is 0 Å². The fourth-order valence-electron chi connectivity index (χ4n) is 3.56. The van der Waals surface area contributed by atoms with Crippen molar-refractivity contribution >= 4 is 18.9 Å². The van der Waals surface area contributed by atoms with E-state index in [4.69, 9.17) is 0 Å². The highest BCUT2D eigenvalue weighted by Crippen LogP contribution is 2.40. The van der Waals surface area contributed by atoms with E-state index in [2.05, 4.69) is 0 Å². The number of hydrogen-bond acceptors (Lipinski definition) is 3. The highest BCUT2D eigenvalue weighted by atomic mass is 16.1. The summed E-state index contributed by atoms with van der Waals surface area (Å²) in [6, 6.07) is 28.5. The van der Waals surface area contributed by atoms with Crippen molar-refractivity contribution in [2.24, 2.45) is 0 Å². The minimum absolute atomic E-state index is 0.614. The Hall–Kier alpha value is -4.11. The smallest absolute Gasteiger partial charge is 0.150 e. The summed E-state index contributed by atoms with van der Waals surface area (Å²) in [5.41, 5.74) is 7.86. The molecule has 0 aliphatic carbocycles. The van der Waals surface area contributed by atoms with Crippen LogP contribution in [0.1, 0.15) is 31.1 Å². The third-order valence-electron chi connectivity index (χ3n) is 5.12. The lowest BCUT2D eigenvalue weighted by molar-refractivity contribution is 0.111. The summed E-state index contributed by atoms with van der Waals surface area (Å²) in [4.78, 5) is 33.2. The first-order valence-corrected chi connectivity index (χ1v) is 9.53. The van der Waals surface area contributed by atoms with E-state index in [1.165, 1.54) is 0 Å². The molecule has 0 bridgehead atoms. The van der Waals surface area contributed by atoms with Gasteiger partial charge in [-0.2, -0.15) is 0 Å². The zero-order valence-electron chi connectivity index (χ0n) is 16.1. The minimum Gasteiger partial charge on any atom is -0.298 e. The summed E-state index contributed by atoms with van der Waals surface area (Å²) >= 11 is 0. The highest BCUT2D eigenvalue weighted by molar-refractivity contribution is 5.95. The Morgan fingerprint density at radius 2 is 0.733 bits per heavy atom. The topological polar surface area (TPSA) is 51.2 Å². The SMILES string of the molecule is O=Cc1ccc(-c2cccc(-c3ccc(C=O)cc3)c2-c2ccc(C=O)cc2)cc1. The van der Waals surface area contributed by atoms with Gasteiger partial charge in [0.2, 0.25) is 0 Å². The number of carbonyl (C=O) groups is 3. The molecule has 4 aromatic carbocycles. The number of aldehydes is 3. The Labute approximate surface area is 174 Å². The molecule has 144 valence electrons. The number of rotatable bonds is 6. The molecule has 0 amide bonds. The van der Waals surface area contributed by atoms with Gasteiger partial charge in [0, 0.05) is 16.7 Å². The lowest BCUT2D eigenvalue weighted by atomic mass is 9.87. The van der Waals surface area contributed by atoms with Crippen molar-refractivity contribution in [3.05, 3.63) is 108 Å². The summed E-state index contributed by atoms with van der Waals surface area (Å²) < 4.78 is 0. The van der Waals surface area contributed by atoms with E-state index in [1.54, 1.807) is 36.4 Å². The van der Waals surface area contributed by atoms with E-state index in [1.807, 2.05) is 54.6 Å². The van der Waals surface area contributed by atoms with Crippen molar-refractivity contribution < 1.29 is 14.4 Å². The van der Waals surface area contributed by atoms with Crippen LogP contribution in [0.15, 0.2) is 91.0 Å². The van der Waals surface area contributed by atoms with Crippen LogP contribution >= 0.6 is 0 Å². The maximum Gasteiger partial charge on any atom is 0.150 e. The molecule has 0 atom stereocenters. The predicted octanol–water partition coefficient (Wildman–Crippen LogP) is 6.13. The molecule has 3 heteroatoms. The maximum atomic E-state index is 11.1. The van der Waals surface area contributed by atoms with Crippen molar-refractivity contribution in [2.45, 2.75) is 0 Å². The molecule has 0 saturated heterocycles. The summed E-state index contributed by atoms with van der Waals surface area (Å²) in [6.07, 6.45) is 2.48. The molecule has 0 N–H and O–H groups in total. The molecule has 0 radical (unpaired) electrons. The largest absolute Gasteiger partial charge is 0.298 e. The molecule has 0 spiro atoms. The molecular formula is C27H18O3. The van der Waals surface area contributed by atoms with Crippen molar-refractivity contribution in [3.8, 4) is 33.4 Å². The Morgan fingerprint density at radius 3 is 1.07 bits per heavy atom. The molecule has 4 aromatic rings. The van der Waals surface area contributed by atoms with Crippen molar-refractivity contribution in [1.82, 2.24) is 0 Å². The second-order valence-electron chi connectivity index (χ2n) is 6.95. The van der Waals surface area contributed by atoms with E-state index in [0.717, 1.165) is 52.2 Å². The Bertz CT molecular complexity index is 1130. The Morgan fingerprint density at radius 1 is 0.400 bits per heavy atom. The van der Waals surface area contributed by atoms with Crippen LogP contribution in [-0.2, 0) is 0 Å². The van der Waals surface area contributed by atoms with E-state index >= 15 is 0 Å². The normalized spacial score (nSPS) is 10.4. The first-order valence-electron chi connectivity index (χ1n) is 9.53. The van der Waals surface area contributed by atoms with E-state index in [0.29, 0.717) is 16.7 Å². The number of hydrogen-bond donors (Lipinski definition) is 0. The van der Waals surface area contributed by atoms with Gasteiger partial charge in [-0.25, -0.2) is 0 Å². The van der Waals surface area contributed by atoms with Gasteiger partial charge in [-0.05, 0) is 33.4 Å². The van der Waals surface area contributed by atoms with Crippen LogP contribution in [0.25, 0.3) is 33.4 Å². The number of carbonyl (C=O) groups excluding carboxylic acids is 3. The summed E-state index contributed by atoms with van der Waals surface area (Å²) in [5, 5.41) is 0. The summed E-state index contributed by atoms with van der Waals surface area (Å²) in [6.45, 7) is 0. The molecule has 0 aromatic heterocycles. The van der Waals surface area contributed by atoms with Crippen LogP contribution in [0, 0.1) is 0 Å². The van der Waals surface area contributed by atoms with Crippen LogP contribution in [-0.4, -0.2) is 18.9 Å². The molecule has 0 saturated carbocycles. The molecule has 0 heterocycles. The summed E-state index contributed by atoms with van der Waals surface area (Å²) in [7, 11) is 0. The average Bonchev–Trinajstić information content (AvgIpc) is 2.84. The van der Waals surface area contributed by atoms with E-state index in [-0.39, 0.29) is 0 Å². The van der Waals surface area contributed by atoms with Gasteiger partial charge < -0.3 is 0 Å². The lowest BCUT2D eigenvalue weighted by Crippen LogP contribution is -1.92. The van der Waals surface area contributed by atoms with Gasteiger partial charge >= 0.3 is 0 Å². The second kappa shape index (κ2) is 8.50. The maximum absolute atomic E-state index is 11.1. The van der Waals surface area contributed by atoms with Crippen molar-refractivity contribution in [1.29, 1.82) is 0 Å². The van der Waals surface area contributed by atoms with Crippen molar-refractivity contribution in [3.63, 3.8) is 0 Å². The van der Waals surface area contributed by atoms with E-state index < -0.39 is 0 Å². The van der Waals surface area contributed by atoms with Gasteiger partial charge in [-0.3, -0.25) is 14.4 Å². The minimum atomic E-state index is 0.614. The standard InChI is InChI=1S/C27H18O3/c28-16-19-4-10-22(11-5-19)25-2-1-3-26(23-12-6-20(17-29)7-13-23)27(25)24-14-8-21(18-30)9-15-24/h1-18H. The molecule has 0 aliphatic rings. The third kappa shape index (κ3) is 3.74. The average molecular weight is 390 g/mol. The van der Waals surface area contributed by atoms with Crippen LogP contribution < -0.4 is 0 Å². The Balaban J connectivity index is 1.95. The van der Waals surface area contributed by atoms with E-state index in [9.17, 15) is 14.4 Å². The monoisotopic (exact) mass is 390 g/mol. The fraction of sp³-hybridized carbons (Fsp3) is 0. The molecular weight excluding hydrogens is 372 g/mol. The molecule has 0 unspecified atom stereocenters. The van der Waals surface area contributed by atoms with Gasteiger partial charge in [-0.1, -0.05) is 91.0 Å². The first-order chi connectivity index (χ1) is 14.7. The van der Waals surface area contributed by atoms with Crippen LogP contribution in [0.3, 0.4) is 0 Å². The molecule has 0 fully saturated rings. The Kier molecular flexibility index (Phi) is 5.44. The summed E-state index contributed by atoms with van der Waals surface area (Å²) in [5.74, 6) is 0. The van der Waals surface area contributed by atoms with Gasteiger partial charge in [0.05, 0.1) is 0 Å². The first kappa shape index (κ1) is 19.2. The quantitative estimate of drug-likeness (QED) is 0.372. The highest BCUT2D eigenvalue weighted by Gasteiger charge is 2.14. The van der Waals surface area contributed by atoms with Crippen LogP contribution in [0.4, 0.5) is 0 Å². The van der Waals surface area contributed by atoms with Crippen molar-refractivity contribution in [2.75, 3.05) is 0 Å².